The molecule has 1 saturated carbocycles. The van der Waals surface area contributed by atoms with Gasteiger partial charge in [0.15, 0.2) is 0 Å². The fraction of sp³-hybridized carbons (Fsp3) is 0.500. The van der Waals surface area contributed by atoms with Crippen LogP contribution in [0.3, 0.4) is 0 Å². The van der Waals surface area contributed by atoms with Crippen LogP contribution in [0.2, 0.25) is 0 Å². The van der Waals surface area contributed by atoms with Crippen LogP contribution in [0, 0.1) is 5.41 Å². The Balaban J connectivity index is 1.56. The number of rotatable bonds is 6. The van der Waals surface area contributed by atoms with Crippen molar-refractivity contribution in [2.75, 3.05) is 18.5 Å². The lowest BCUT2D eigenvalue weighted by atomic mass is 9.82. The third-order valence-corrected chi connectivity index (χ3v) is 5.04. The van der Waals surface area contributed by atoms with E-state index in [0.717, 1.165) is 31.2 Å². The van der Waals surface area contributed by atoms with Crippen LogP contribution in [0.25, 0.3) is 0 Å². The number of amides is 2. The molecule has 0 spiro atoms. The molecule has 3 rings (SSSR count). The van der Waals surface area contributed by atoms with E-state index >= 15 is 0 Å². The fourth-order valence-corrected chi connectivity index (χ4v) is 3.71. The highest BCUT2D eigenvalue weighted by Crippen LogP contribution is 2.48. The molecule has 134 valence electrons. The molecule has 0 radical (unpaired) electrons. The summed E-state index contributed by atoms with van der Waals surface area (Å²) in [6, 6.07) is 7.03. The van der Waals surface area contributed by atoms with Gasteiger partial charge in [0.2, 0.25) is 11.8 Å². The number of carboxylic acids is 1. The molecule has 25 heavy (non-hydrogen) atoms. The number of anilines is 1. The fourth-order valence-electron chi connectivity index (χ4n) is 3.71. The summed E-state index contributed by atoms with van der Waals surface area (Å²) in [7, 11) is 0. The molecule has 0 aromatic heterocycles. The molecule has 3 N–H and O–H groups in total. The van der Waals surface area contributed by atoms with Crippen LogP contribution >= 0.6 is 0 Å². The molecule has 1 aromatic rings. The number of nitrogens with one attached hydrogen (secondary N) is 2. The maximum Gasteiger partial charge on any atom is 0.322 e. The van der Waals surface area contributed by atoms with Gasteiger partial charge in [-0.1, -0.05) is 12.1 Å². The number of hydrogen-bond acceptors (Lipinski definition) is 4. The quantitative estimate of drug-likeness (QED) is 0.721. The molecule has 2 amide bonds. The second-order valence-corrected chi connectivity index (χ2v) is 6.66. The van der Waals surface area contributed by atoms with Crippen LogP contribution in [0.4, 0.5) is 5.69 Å². The summed E-state index contributed by atoms with van der Waals surface area (Å²) in [4.78, 5) is 34.8. The Labute approximate surface area is 145 Å². The highest BCUT2D eigenvalue weighted by atomic mass is 16.5. The molecule has 0 unspecified atom stereocenters. The number of carbonyl (C=O) groups excluding carboxylic acids is 2. The topological polar surface area (TPSA) is 105 Å². The van der Waals surface area contributed by atoms with Crippen molar-refractivity contribution in [2.45, 2.75) is 38.2 Å². The van der Waals surface area contributed by atoms with Crippen molar-refractivity contribution in [3.05, 3.63) is 29.8 Å². The molecule has 0 bridgehead atoms. The Morgan fingerprint density at radius 3 is 2.68 bits per heavy atom. The minimum Gasteiger partial charge on any atom is -0.480 e. The maximum atomic E-state index is 12.7. The van der Waals surface area contributed by atoms with Gasteiger partial charge >= 0.3 is 5.97 Å². The molecule has 1 aromatic carbocycles. The first kappa shape index (κ1) is 17.4. The predicted octanol–water partition coefficient (Wildman–Crippen LogP) is 1.33. The molecular formula is C18H22N2O5. The van der Waals surface area contributed by atoms with Gasteiger partial charge in [-0.15, -0.1) is 0 Å². The lowest BCUT2D eigenvalue weighted by molar-refractivity contribution is -0.137. The third-order valence-electron chi connectivity index (χ3n) is 5.04. The number of carboxylic acid groups (broad SMARTS) is 1. The average molecular weight is 346 g/mol. The van der Waals surface area contributed by atoms with Crippen molar-refractivity contribution in [2.24, 2.45) is 5.41 Å². The standard InChI is InChI=1S/C18H22N2O5/c21-15(19-11-16(22)23)10-12-3-5-13(6-4-12)20-17(24)18-7-1-2-14(18)25-9-8-18/h3-6,14H,1-2,7-11H2,(H,19,21)(H,20,24)(H,22,23)/t14-,18+/m1/s1. The molecule has 1 saturated heterocycles. The molecule has 7 nitrogen and oxygen atoms in total. The number of benzene rings is 1. The first-order valence-corrected chi connectivity index (χ1v) is 8.50. The van der Waals surface area contributed by atoms with Gasteiger partial charge in [0.1, 0.15) is 6.54 Å². The van der Waals surface area contributed by atoms with E-state index in [1.807, 2.05) is 0 Å². The molecule has 2 atom stereocenters. The van der Waals surface area contributed by atoms with Gasteiger partial charge in [0.05, 0.1) is 17.9 Å². The van der Waals surface area contributed by atoms with E-state index in [2.05, 4.69) is 10.6 Å². The van der Waals surface area contributed by atoms with Crippen molar-refractivity contribution in [3.8, 4) is 0 Å². The highest BCUT2D eigenvalue weighted by molar-refractivity contribution is 5.96. The smallest absolute Gasteiger partial charge is 0.322 e. The summed E-state index contributed by atoms with van der Waals surface area (Å²) < 4.78 is 5.69. The average Bonchev–Trinajstić information content (AvgIpc) is 3.15. The lowest BCUT2D eigenvalue weighted by Gasteiger charge is -2.26. The van der Waals surface area contributed by atoms with Gasteiger partial charge in [-0.25, -0.2) is 0 Å². The summed E-state index contributed by atoms with van der Waals surface area (Å²) in [6.07, 6.45) is 3.72. The molecule has 1 aliphatic heterocycles. The van der Waals surface area contributed by atoms with Gasteiger partial charge < -0.3 is 20.5 Å². The van der Waals surface area contributed by atoms with Crippen molar-refractivity contribution >= 4 is 23.5 Å². The Kier molecular flexibility index (Phi) is 5.03. The van der Waals surface area contributed by atoms with E-state index in [4.69, 9.17) is 9.84 Å². The van der Waals surface area contributed by atoms with Gasteiger partial charge in [0.25, 0.3) is 0 Å². The number of ether oxygens (including phenoxy) is 1. The summed E-state index contributed by atoms with van der Waals surface area (Å²) in [6.45, 7) is 0.251. The second kappa shape index (κ2) is 7.23. The monoisotopic (exact) mass is 346 g/mol. The largest absolute Gasteiger partial charge is 0.480 e. The molecular weight excluding hydrogens is 324 g/mol. The predicted molar refractivity (Wildman–Crippen MR) is 90.1 cm³/mol. The number of fused-ring (bicyclic) bond motifs is 1. The van der Waals surface area contributed by atoms with Gasteiger partial charge in [-0.05, 0) is 43.4 Å². The van der Waals surface area contributed by atoms with Crippen molar-refractivity contribution in [1.29, 1.82) is 0 Å². The summed E-state index contributed by atoms with van der Waals surface area (Å²) in [5.41, 5.74) is 1.05. The zero-order valence-corrected chi connectivity index (χ0v) is 13.9. The number of hydrogen-bond donors (Lipinski definition) is 3. The van der Waals surface area contributed by atoms with Crippen LogP contribution in [0.5, 0.6) is 0 Å². The van der Waals surface area contributed by atoms with E-state index in [0.29, 0.717) is 12.3 Å². The van der Waals surface area contributed by atoms with E-state index in [1.165, 1.54) is 0 Å². The van der Waals surface area contributed by atoms with Crippen LogP contribution in [-0.4, -0.2) is 42.1 Å². The van der Waals surface area contributed by atoms with Crippen LogP contribution in [-0.2, 0) is 25.5 Å². The first-order valence-electron chi connectivity index (χ1n) is 8.50. The molecule has 2 fully saturated rings. The second-order valence-electron chi connectivity index (χ2n) is 6.66. The summed E-state index contributed by atoms with van der Waals surface area (Å²) >= 11 is 0. The number of carbonyl (C=O) groups is 3. The first-order chi connectivity index (χ1) is 12.0. The molecule has 2 aliphatic rings. The molecule has 7 heteroatoms. The summed E-state index contributed by atoms with van der Waals surface area (Å²) in [5.74, 6) is -1.42. The maximum absolute atomic E-state index is 12.7. The molecule has 1 aliphatic carbocycles. The Morgan fingerprint density at radius 2 is 1.96 bits per heavy atom. The lowest BCUT2D eigenvalue weighted by Crippen LogP contribution is -2.39. The summed E-state index contributed by atoms with van der Waals surface area (Å²) in [5, 5.41) is 13.8. The van der Waals surface area contributed by atoms with Crippen molar-refractivity contribution in [3.63, 3.8) is 0 Å². The van der Waals surface area contributed by atoms with Crippen LogP contribution < -0.4 is 10.6 Å². The van der Waals surface area contributed by atoms with Gasteiger partial charge in [-0.2, -0.15) is 0 Å². The van der Waals surface area contributed by atoms with Crippen LogP contribution in [0.1, 0.15) is 31.2 Å². The number of aliphatic carboxylic acids is 1. The minimum absolute atomic E-state index is 0.0134. The Bertz CT molecular complexity index is 661. The zero-order valence-electron chi connectivity index (χ0n) is 13.9. The van der Waals surface area contributed by atoms with E-state index < -0.39 is 17.9 Å². The van der Waals surface area contributed by atoms with E-state index in [-0.39, 0.29) is 24.3 Å². The van der Waals surface area contributed by atoms with E-state index in [9.17, 15) is 14.4 Å². The minimum atomic E-state index is -1.08. The SMILES string of the molecule is O=C(O)CNC(=O)Cc1ccc(NC(=O)[C@]23CCC[C@H]2OCC3)cc1. The zero-order chi connectivity index (χ0) is 17.9. The Morgan fingerprint density at radius 1 is 1.20 bits per heavy atom. The van der Waals surface area contributed by atoms with Crippen LogP contribution in [0.15, 0.2) is 24.3 Å². The third kappa shape index (κ3) is 3.82. The van der Waals surface area contributed by atoms with E-state index in [1.54, 1.807) is 24.3 Å². The van der Waals surface area contributed by atoms with Gasteiger partial charge in [0, 0.05) is 12.3 Å². The normalized spacial score (nSPS) is 24.6. The molecule has 1 heterocycles. The van der Waals surface area contributed by atoms with Crippen molar-refractivity contribution in [1.82, 2.24) is 5.32 Å². The van der Waals surface area contributed by atoms with Gasteiger partial charge in [-0.3, -0.25) is 14.4 Å². The Hall–Kier alpha value is -2.41. The van der Waals surface area contributed by atoms with Crippen molar-refractivity contribution < 1.29 is 24.2 Å². The highest BCUT2D eigenvalue weighted by Gasteiger charge is 2.52.